The van der Waals surface area contributed by atoms with Gasteiger partial charge in [-0.3, -0.25) is 0 Å². The van der Waals surface area contributed by atoms with Crippen molar-refractivity contribution in [2.45, 2.75) is 6.92 Å². The third-order valence-electron chi connectivity index (χ3n) is 1.86. The summed E-state index contributed by atoms with van der Waals surface area (Å²) in [5.41, 5.74) is 6.17. The Morgan fingerprint density at radius 1 is 1.29 bits per heavy atom. The second-order valence-corrected chi connectivity index (χ2v) is 2.91. The lowest BCUT2D eigenvalue weighted by atomic mass is 10.3. The van der Waals surface area contributed by atoms with E-state index in [1.807, 2.05) is 0 Å². The number of hydrogen-bond donors (Lipinski definition) is 1. The molecule has 0 radical (unpaired) electrons. The van der Waals surface area contributed by atoms with Crippen LogP contribution < -0.4 is 5.73 Å². The minimum absolute atomic E-state index is 0.215. The predicted octanol–water partition coefficient (Wildman–Crippen LogP) is 1.30. The monoisotopic (exact) mass is 192 g/mol. The van der Waals surface area contributed by atoms with Crippen molar-refractivity contribution in [1.82, 2.24) is 14.8 Å². The van der Waals surface area contributed by atoms with Crippen LogP contribution in [0.2, 0.25) is 0 Å². The molecule has 0 amide bonds. The van der Waals surface area contributed by atoms with Crippen molar-refractivity contribution >= 4 is 5.95 Å². The number of rotatable bonds is 1. The van der Waals surface area contributed by atoms with Crippen molar-refractivity contribution in [3.63, 3.8) is 0 Å². The number of aryl methyl sites for hydroxylation is 1. The molecule has 2 rings (SSSR count). The smallest absolute Gasteiger partial charge is 0.240 e. The summed E-state index contributed by atoms with van der Waals surface area (Å²) in [7, 11) is 0. The summed E-state index contributed by atoms with van der Waals surface area (Å²) < 4.78 is 14.2. The SMILES string of the molecule is Cc1nc(N)nn1-c1ccc(F)cc1. The standard InChI is InChI=1S/C9H9FN4/c1-6-12-9(11)13-14(6)8-4-2-7(10)3-5-8/h2-5H,1H3,(H2,11,13). The van der Waals surface area contributed by atoms with E-state index in [0.29, 0.717) is 5.82 Å². The molecule has 1 heterocycles. The Bertz CT molecular complexity index is 446. The van der Waals surface area contributed by atoms with Gasteiger partial charge in [-0.2, -0.15) is 4.98 Å². The van der Waals surface area contributed by atoms with Crippen LogP contribution >= 0.6 is 0 Å². The molecule has 0 atom stereocenters. The topological polar surface area (TPSA) is 56.7 Å². The zero-order valence-corrected chi connectivity index (χ0v) is 7.61. The Hall–Kier alpha value is -1.91. The number of nitrogen functional groups attached to an aromatic ring is 1. The van der Waals surface area contributed by atoms with Crippen LogP contribution in [0, 0.1) is 12.7 Å². The van der Waals surface area contributed by atoms with Gasteiger partial charge in [-0.15, -0.1) is 5.10 Å². The molecule has 0 unspecified atom stereocenters. The molecule has 5 heteroatoms. The maximum Gasteiger partial charge on any atom is 0.240 e. The zero-order chi connectivity index (χ0) is 10.1. The molecular formula is C9H9FN4. The van der Waals surface area contributed by atoms with Crippen molar-refractivity contribution in [3.05, 3.63) is 35.9 Å². The van der Waals surface area contributed by atoms with E-state index >= 15 is 0 Å². The van der Waals surface area contributed by atoms with Crippen LogP contribution in [-0.2, 0) is 0 Å². The van der Waals surface area contributed by atoms with E-state index in [0.717, 1.165) is 5.69 Å². The summed E-state index contributed by atoms with van der Waals surface area (Å²) in [6.45, 7) is 1.78. The average Bonchev–Trinajstić information content (AvgIpc) is 2.47. The third kappa shape index (κ3) is 1.44. The van der Waals surface area contributed by atoms with E-state index in [-0.39, 0.29) is 11.8 Å². The molecule has 72 valence electrons. The number of nitrogens with two attached hydrogens (primary N) is 1. The van der Waals surface area contributed by atoms with Gasteiger partial charge in [0.2, 0.25) is 5.95 Å². The lowest BCUT2D eigenvalue weighted by Gasteiger charge is -2.01. The first-order valence-corrected chi connectivity index (χ1v) is 4.12. The minimum Gasteiger partial charge on any atom is -0.366 e. The molecule has 0 bridgehead atoms. The van der Waals surface area contributed by atoms with E-state index in [9.17, 15) is 4.39 Å². The first kappa shape index (κ1) is 8.68. The number of aromatic nitrogens is 3. The molecule has 2 aromatic rings. The van der Waals surface area contributed by atoms with Crippen LogP contribution in [0.5, 0.6) is 0 Å². The number of nitrogens with zero attached hydrogens (tertiary/aromatic N) is 3. The molecule has 14 heavy (non-hydrogen) atoms. The highest BCUT2D eigenvalue weighted by atomic mass is 19.1. The molecule has 2 N–H and O–H groups in total. The van der Waals surface area contributed by atoms with Gasteiger partial charge in [-0.1, -0.05) is 0 Å². The molecule has 0 saturated heterocycles. The Balaban J connectivity index is 2.49. The summed E-state index contributed by atoms with van der Waals surface area (Å²) in [6.07, 6.45) is 0. The summed E-state index contributed by atoms with van der Waals surface area (Å²) in [6, 6.07) is 5.98. The Morgan fingerprint density at radius 3 is 2.43 bits per heavy atom. The summed E-state index contributed by atoms with van der Waals surface area (Å²) in [5, 5.41) is 3.97. The van der Waals surface area contributed by atoms with Crippen LogP contribution in [0.15, 0.2) is 24.3 Å². The van der Waals surface area contributed by atoms with Gasteiger partial charge in [-0.25, -0.2) is 9.07 Å². The van der Waals surface area contributed by atoms with Gasteiger partial charge in [0.1, 0.15) is 11.6 Å². The fraction of sp³-hybridized carbons (Fsp3) is 0.111. The van der Waals surface area contributed by atoms with Gasteiger partial charge in [0, 0.05) is 0 Å². The number of hydrogen-bond acceptors (Lipinski definition) is 3. The maximum absolute atomic E-state index is 12.6. The molecule has 4 nitrogen and oxygen atoms in total. The normalized spacial score (nSPS) is 10.4. The fourth-order valence-corrected chi connectivity index (χ4v) is 1.24. The van der Waals surface area contributed by atoms with Gasteiger partial charge in [0.15, 0.2) is 0 Å². The van der Waals surface area contributed by atoms with E-state index in [1.54, 1.807) is 23.7 Å². The maximum atomic E-state index is 12.6. The molecule has 0 fully saturated rings. The van der Waals surface area contributed by atoms with Crippen molar-refractivity contribution < 1.29 is 4.39 Å². The summed E-state index contributed by atoms with van der Waals surface area (Å²) in [4.78, 5) is 3.95. The quantitative estimate of drug-likeness (QED) is 0.740. The first-order valence-electron chi connectivity index (χ1n) is 4.12. The van der Waals surface area contributed by atoms with Gasteiger partial charge in [-0.05, 0) is 31.2 Å². The first-order chi connectivity index (χ1) is 6.66. The summed E-state index contributed by atoms with van der Waals surface area (Å²) >= 11 is 0. The lowest BCUT2D eigenvalue weighted by molar-refractivity contribution is 0.627. The van der Waals surface area contributed by atoms with Crippen molar-refractivity contribution in [3.8, 4) is 5.69 Å². The second-order valence-electron chi connectivity index (χ2n) is 2.91. The van der Waals surface area contributed by atoms with Gasteiger partial charge >= 0.3 is 0 Å². The van der Waals surface area contributed by atoms with E-state index in [2.05, 4.69) is 10.1 Å². The molecule has 0 spiro atoms. The highest BCUT2D eigenvalue weighted by molar-refractivity contribution is 5.33. The van der Waals surface area contributed by atoms with Crippen LogP contribution in [0.4, 0.5) is 10.3 Å². The number of anilines is 1. The molecule has 0 aliphatic carbocycles. The van der Waals surface area contributed by atoms with Crippen LogP contribution in [0.1, 0.15) is 5.82 Å². The zero-order valence-electron chi connectivity index (χ0n) is 7.61. The van der Waals surface area contributed by atoms with Crippen LogP contribution in [0.3, 0.4) is 0 Å². The molecule has 1 aromatic heterocycles. The van der Waals surface area contributed by atoms with E-state index < -0.39 is 0 Å². The molecule has 0 aliphatic rings. The molecule has 0 aliphatic heterocycles. The van der Waals surface area contributed by atoms with Crippen LogP contribution in [0.25, 0.3) is 5.69 Å². The molecule has 0 saturated carbocycles. The Labute approximate surface area is 80.2 Å². The van der Waals surface area contributed by atoms with Crippen molar-refractivity contribution in [2.24, 2.45) is 0 Å². The van der Waals surface area contributed by atoms with E-state index in [1.165, 1.54) is 12.1 Å². The lowest BCUT2D eigenvalue weighted by Crippen LogP contribution is -1.99. The number of benzene rings is 1. The Kier molecular flexibility index (Phi) is 1.92. The second kappa shape index (κ2) is 3.10. The largest absolute Gasteiger partial charge is 0.366 e. The Morgan fingerprint density at radius 2 is 1.93 bits per heavy atom. The minimum atomic E-state index is -0.278. The average molecular weight is 192 g/mol. The third-order valence-corrected chi connectivity index (χ3v) is 1.86. The summed E-state index contributed by atoms with van der Waals surface area (Å²) in [5.74, 6) is 0.612. The van der Waals surface area contributed by atoms with Crippen molar-refractivity contribution in [1.29, 1.82) is 0 Å². The van der Waals surface area contributed by atoms with Crippen LogP contribution in [-0.4, -0.2) is 14.8 Å². The highest BCUT2D eigenvalue weighted by Gasteiger charge is 2.04. The highest BCUT2D eigenvalue weighted by Crippen LogP contribution is 2.10. The predicted molar refractivity (Wildman–Crippen MR) is 50.5 cm³/mol. The molecular weight excluding hydrogens is 183 g/mol. The van der Waals surface area contributed by atoms with Gasteiger partial charge in [0.05, 0.1) is 5.69 Å². The molecule has 1 aromatic carbocycles. The number of halogens is 1. The van der Waals surface area contributed by atoms with E-state index in [4.69, 9.17) is 5.73 Å². The van der Waals surface area contributed by atoms with Gasteiger partial charge < -0.3 is 5.73 Å². The van der Waals surface area contributed by atoms with Crippen molar-refractivity contribution in [2.75, 3.05) is 5.73 Å². The van der Waals surface area contributed by atoms with Gasteiger partial charge in [0.25, 0.3) is 0 Å². The fourth-order valence-electron chi connectivity index (χ4n) is 1.24.